The normalized spacial score (nSPS) is 15.2. The SMILES string of the molecule is COc1cc2c(OC)cc1Cc1cc(OC)c(cc1OC)Cc1cc(OC)c(cc1OC)Cc1cc3c(cc1OCCSCCOCCOCCSCCO3)Cc1cc(OC)c(cc1OC)C2.COc1cc2c(OC)cc1Cc1cc(OC)c(cc1OC)Cc1cc(OC)c(cc1OC)Cc1cc3c(cc1OCCSCCOCCOCCSCCO3)Cc1cc(OC)c(cc1OC)C2. The van der Waals surface area contributed by atoms with E-state index >= 15 is 0 Å². The van der Waals surface area contributed by atoms with Gasteiger partial charge in [0, 0.05) is 222 Å². The molecule has 22 aliphatic rings. The minimum atomic E-state index is 0.489. The molecular formula is C106H128O24S4. The fraction of sp³-hybridized carbons (Fsp3) is 0.434. The molecule has 720 valence electrons. The average Bonchev–Trinajstić information content (AvgIpc) is 1.17. The molecule has 24 nitrogen and oxygen atoms in total. The number of thioether (sulfide) groups is 4. The van der Waals surface area contributed by atoms with Crippen molar-refractivity contribution < 1.29 is 114 Å². The Hall–Kier alpha value is -10.6. The third-order valence-corrected chi connectivity index (χ3v) is 27.6. The van der Waals surface area contributed by atoms with E-state index in [0.717, 1.165) is 226 Å². The van der Waals surface area contributed by atoms with Gasteiger partial charge in [-0.1, -0.05) is 0 Å². The molecule has 0 atom stereocenters. The topological polar surface area (TPSA) is 222 Å². The number of fused-ring (bicyclic) bond motifs is 30. The molecule has 4 heterocycles. The van der Waals surface area contributed by atoms with Crippen LogP contribution in [-0.2, 0) is 83.2 Å². The standard InChI is InChI=1S/2C53H64O12S2/c2*1-54-44-26-36-20-38-28-50(60-7)40(30-48(38)58-5)22-42-32-53-43(33-52(42)64-13-17-66-15-11-62-9-10-63-12-16-67-18-14-65-53)23-41-31-49(59-6)39(29-51(41)61-8)21-37-27-45(55-2)35(25-47(37)57-4)19-34(44)24-46(36)56-3/h2*24-33H,9-23H2,1-8H3. The van der Waals surface area contributed by atoms with E-state index in [1.54, 1.807) is 161 Å². The van der Waals surface area contributed by atoms with Crippen LogP contribution >= 0.6 is 47.0 Å². The molecule has 4 aliphatic heterocycles. The monoisotopic (exact) mass is 1910 g/mol. The van der Waals surface area contributed by atoms with Crippen LogP contribution in [0.4, 0.5) is 0 Å². The Morgan fingerprint density at radius 2 is 0.254 bits per heavy atom. The molecular weight excluding hydrogens is 1790 g/mol. The molecule has 0 fully saturated rings. The smallest absolute Gasteiger partial charge is 0.123 e. The molecule has 24 bridgehead atoms. The van der Waals surface area contributed by atoms with Crippen molar-refractivity contribution in [1.29, 1.82) is 0 Å². The van der Waals surface area contributed by atoms with Crippen LogP contribution in [0.3, 0.4) is 0 Å². The summed E-state index contributed by atoms with van der Waals surface area (Å²) in [7, 11) is 27.1. The molecule has 28 heteroatoms. The van der Waals surface area contributed by atoms with Crippen LogP contribution in [0.15, 0.2) is 121 Å². The second kappa shape index (κ2) is 51.4. The third-order valence-electron chi connectivity index (χ3n) is 23.9. The first-order chi connectivity index (χ1) is 65.6. The fourth-order valence-electron chi connectivity index (χ4n) is 17.2. The molecule has 32 rings (SSSR count). The number of hydrogen-bond donors (Lipinski definition) is 0. The molecule has 0 N–H and O–H groups in total. The zero-order valence-corrected chi connectivity index (χ0v) is 83.5. The summed E-state index contributed by atoms with van der Waals surface area (Å²) in [6.07, 6.45) is 4.92. The Bertz CT molecular complexity index is 4880. The average molecular weight is 1910 g/mol. The van der Waals surface area contributed by atoms with Gasteiger partial charge in [0.2, 0.25) is 0 Å². The molecule has 0 radical (unpaired) electrons. The lowest BCUT2D eigenvalue weighted by Crippen LogP contribution is -2.11. The van der Waals surface area contributed by atoms with Gasteiger partial charge in [0.1, 0.15) is 115 Å². The highest BCUT2D eigenvalue weighted by molar-refractivity contribution is 7.99. The van der Waals surface area contributed by atoms with E-state index in [4.69, 9.17) is 114 Å². The summed E-state index contributed by atoms with van der Waals surface area (Å²) in [5.41, 5.74) is 18.7. The Labute approximate surface area is 806 Å². The van der Waals surface area contributed by atoms with Crippen LogP contribution in [0.2, 0.25) is 0 Å². The van der Waals surface area contributed by atoms with Crippen molar-refractivity contribution in [3.63, 3.8) is 0 Å². The summed E-state index contributed by atoms with van der Waals surface area (Å²) in [5, 5.41) is 0. The zero-order valence-electron chi connectivity index (χ0n) is 80.2. The van der Waals surface area contributed by atoms with Crippen LogP contribution in [0, 0.1) is 0 Å². The summed E-state index contributed by atoms with van der Waals surface area (Å²) in [6.45, 7) is 6.99. The molecule has 0 unspecified atom stereocenters. The van der Waals surface area contributed by atoms with E-state index in [0.29, 0.717) is 189 Å². The van der Waals surface area contributed by atoms with E-state index in [1.807, 2.05) is 48.5 Å². The largest absolute Gasteiger partial charge is 0.496 e. The number of benzene rings is 10. The summed E-state index contributed by atoms with van der Waals surface area (Å²) in [6, 6.07) is 41.3. The van der Waals surface area contributed by atoms with Gasteiger partial charge >= 0.3 is 0 Å². The molecule has 0 saturated heterocycles. The van der Waals surface area contributed by atoms with Crippen LogP contribution in [0.25, 0.3) is 0 Å². The van der Waals surface area contributed by atoms with E-state index in [9.17, 15) is 0 Å². The fourth-order valence-corrected chi connectivity index (χ4v) is 19.8. The Morgan fingerprint density at radius 1 is 0.142 bits per heavy atom. The quantitative estimate of drug-likeness (QED) is 0.0877. The Kier molecular flexibility index (Phi) is 38.7. The predicted molar refractivity (Wildman–Crippen MR) is 532 cm³/mol. The van der Waals surface area contributed by atoms with E-state index in [2.05, 4.69) is 72.8 Å². The van der Waals surface area contributed by atoms with Crippen LogP contribution in [-0.4, -0.2) is 239 Å². The molecule has 0 saturated carbocycles. The van der Waals surface area contributed by atoms with Crippen LogP contribution in [0.1, 0.15) is 111 Å². The molecule has 10 aromatic rings. The summed E-state index contributed by atoms with van der Waals surface area (Å²) in [5.74, 6) is 21.1. The van der Waals surface area contributed by atoms with Gasteiger partial charge in [0.05, 0.1) is 193 Å². The minimum absolute atomic E-state index is 0.489. The maximum Gasteiger partial charge on any atom is 0.123 e. The Morgan fingerprint density at radius 3 is 0.373 bits per heavy atom. The van der Waals surface area contributed by atoms with Crippen LogP contribution < -0.4 is 94.7 Å². The number of hydrogen-bond acceptors (Lipinski definition) is 28. The lowest BCUT2D eigenvalue weighted by molar-refractivity contribution is 0.0605. The lowest BCUT2D eigenvalue weighted by Gasteiger charge is -2.21. The van der Waals surface area contributed by atoms with Crippen LogP contribution in [0.5, 0.6) is 115 Å². The van der Waals surface area contributed by atoms with Crippen molar-refractivity contribution in [1.82, 2.24) is 0 Å². The first-order valence-electron chi connectivity index (χ1n) is 45.0. The van der Waals surface area contributed by atoms with E-state index < -0.39 is 0 Å². The van der Waals surface area contributed by atoms with Gasteiger partial charge in [-0.25, -0.2) is 0 Å². The molecule has 10 aromatic carbocycles. The highest BCUT2D eigenvalue weighted by Gasteiger charge is 2.29. The van der Waals surface area contributed by atoms with Gasteiger partial charge in [0.25, 0.3) is 0 Å². The number of ether oxygens (including phenoxy) is 24. The second-order valence-corrected chi connectivity index (χ2v) is 36.9. The van der Waals surface area contributed by atoms with Gasteiger partial charge in [0.15, 0.2) is 0 Å². The molecule has 18 aliphatic carbocycles. The van der Waals surface area contributed by atoms with Gasteiger partial charge in [-0.2, -0.15) is 47.0 Å². The van der Waals surface area contributed by atoms with Crippen molar-refractivity contribution in [3.05, 3.63) is 233 Å². The molecule has 0 spiro atoms. The minimum Gasteiger partial charge on any atom is -0.496 e. The van der Waals surface area contributed by atoms with Gasteiger partial charge in [-0.05, 0) is 121 Å². The van der Waals surface area contributed by atoms with Crippen molar-refractivity contribution in [3.8, 4) is 115 Å². The predicted octanol–water partition coefficient (Wildman–Crippen LogP) is 18.6. The maximum atomic E-state index is 6.73. The number of methoxy groups -OCH3 is 16. The van der Waals surface area contributed by atoms with Crippen molar-refractivity contribution in [2.24, 2.45) is 0 Å². The summed E-state index contributed by atoms with van der Waals surface area (Å²) < 4.78 is 148. The van der Waals surface area contributed by atoms with Crippen molar-refractivity contribution >= 4 is 47.0 Å². The maximum absolute atomic E-state index is 6.73. The van der Waals surface area contributed by atoms with Gasteiger partial charge in [-0.15, -0.1) is 0 Å². The summed E-state index contributed by atoms with van der Waals surface area (Å²) in [4.78, 5) is 0. The van der Waals surface area contributed by atoms with Gasteiger partial charge in [-0.3, -0.25) is 0 Å². The van der Waals surface area contributed by atoms with Crippen molar-refractivity contribution in [2.45, 2.75) is 64.2 Å². The molecule has 134 heavy (non-hydrogen) atoms. The Balaban J connectivity index is 0.000000227. The summed E-state index contributed by atoms with van der Waals surface area (Å²) >= 11 is 7.19. The third kappa shape index (κ3) is 26.2. The second-order valence-electron chi connectivity index (χ2n) is 32.0. The van der Waals surface area contributed by atoms with E-state index in [1.165, 1.54) is 0 Å². The number of rotatable bonds is 16. The van der Waals surface area contributed by atoms with Crippen molar-refractivity contribution in [2.75, 3.05) is 239 Å². The zero-order chi connectivity index (χ0) is 94.2. The highest BCUT2D eigenvalue weighted by atomic mass is 32.2. The van der Waals surface area contributed by atoms with E-state index in [-0.39, 0.29) is 0 Å². The lowest BCUT2D eigenvalue weighted by atomic mass is 9.94. The molecule has 0 amide bonds. The molecule has 0 aromatic heterocycles. The first-order valence-corrected chi connectivity index (χ1v) is 49.6. The van der Waals surface area contributed by atoms with Gasteiger partial charge < -0.3 is 114 Å². The first kappa shape index (κ1) is 101. The highest BCUT2D eigenvalue weighted by Crippen LogP contribution is 2.47.